The molecule has 1 N–H and O–H groups in total. The third-order valence-electron chi connectivity index (χ3n) is 4.65. The summed E-state index contributed by atoms with van der Waals surface area (Å²) in [6.45, 7) is 11.3. The van der Waals surface area contributed by atoms with E-state index in [1.165, 1.54) is 29.7 Å². The highest BCUT2D eigenvalue weighted by Gasteiger charge is 2.23. The number of benzene rings is 1. The molecule has 1 atom stereocenters. The van der Waals surface area contributed by atoms with E-state index in [4.69, 9.17) is 9.47 Å². The molecule has 4 nitrogen and oxygen atoms in total. The topological polar surface area (TPSA) is 33.7 Å². The number of ether oxygens (including phenoxy) is 2. The first kappa shape index (κ1) is 15.8. The van der Waals surface area contributed by atoms with E-state index in [0.717, 1.165) is 51.6 Å². The van der Waals surface area contributed by atoms with Crippen LogP contribution in [0.15, 0.2) is 12.1 Å². The highest BCUT2D eigenvalue weighted by molar-refractivity contribution is 5.46. The third-order valence-corrected chi connectivity index (χ3v) is 4.65. The van der Waals surface area contributed by atoms with Crippen molar-refractivity contribution in [3.8, 4) is 5.75 Å². The number of nitrogens with zero attached hydrogens (tertiary/aromatic N) is 1. The minimum Gasteiger partial charge on any atom is -0.493 e. The van der Waals surface area contributed by atoms with Gasteiger partial charge in [0.05, 0.1) is 19.8 Å². The van der Waals surface area contributed by atoms with E-state index in [2.05, 4.69) is 36.2 Å². The normalized spacial score (nSPS) is 22.2. The maximum absolute atomic E-state index is 5.85. The fourth-order valence-corrected chi connectivity index (χ4v) is 3.54. The lowest BCUT2D eigenvalue weighted by Gasteiger charge is -2.30. The number of hydrogen-bond donors (Lipinski definition) is 1. The summed E-state index contributed by atoms with van der Waals surface area (Å²) in [4.78, 5) is 2.50. The van der Waals surface area contributed by atoms with Gasteiger partial charge in [0.15, 0.2) is 0 Å². The average molecular weight is 304 g/mol. The predicted octanol–water partition coefficient (Wildman–Crippen LogP) is 2.44. The van der Waals surface area contributed by atoms with Crippen LogP contribution in [0.25, 0.3) is 0 Å². The number of nitrogens with one attached hydrogen (secondary N) is 1. The molecule has 2 aliphatic heterocycles. The van der Waals surface area contributed by atoms with Crippen LogP contribution in [0, 0.1) is 13.8 Å². The van der Waals surface area contributed by atoms with Gasteiger partial charge in [-0.15, -0.1) is 0 Å². The van der Waals surface area contributed by atoms with Crippen LogP contribution in [0.2, 0.25) is 0 Å². The SMILES string of the molecule is Cc1cc(C)c2c(c1)OCCC2NCCCN1CCOCC1. The number of rotatable bonds is 5. The summed E-state index contributed by atoms with van der Waals surface area (Å²) in [7, 11) is 0. The molecule has 3 rings (SSSR count). The van der Waals surface area contributed by atoms with Crippen molar-refractivity contribution in [3.05, 3.63) is 28.8 Å². The average Bonchev–Trinajstić information content (AvgIpc) is 2.52. The molecule has 0 bridgehead atoms. The fraction of sp³-hybridized carbons (Fsp3) is 0.667. The summed E-state index contributed by atoms with van der Waals surface area (Å²) in [5, 5.41) is 3.74. The van der Waals surface area contributed by atoms with Crippen molar-refractivity contribution in [2.75, 3.05) is 46.0 Å². The Morgan fingerprint density at radius 1 is 1.18 bits per heavy atom. The lowest BCUT2D eigenvalue weighted by molar-refractivity contribution is 0.0373. The van der Waals surface area contributed by atoms with E-state index in [-0.39, 0.29) is 0 Å². The van der Waals surface area contributed by atoms with Crippen LogP contribution in [-0.2, 0) is 4.74 Å². The van der Waals surface area contributed by atoms with Crippen LogP contribution < -0.4 is 10.1 Å². The van der Waals surface area contributed by atoms with E-state index in [1.54, 1.807) is 0 Å². The lowest BCUT2D eigenvalue weighted by Crippen LogP contribution is -2.38. The molecule has 2 aliphatic rings. The van der Waals surface area contributed by atoms with E-state index in [1.807, 2.05) is 0 Å². The van der Waals surface area contributed by atoms with Crippen LogP contribution in [0.1, 0.15) is 35.6 Å². The van der Waals surface area contributed by atoms with Crippen LogP contribution in [0.4, 0.5) is 0 Å². The third kappa shape index (κ3) is 3.80. The molecular formula is C18H28N2O2. The van der Waals surface area contributed by atoms with Crippen LogP contribution in [0.3, 0.4) is 0 Å². The highest BCUT2D eigenvalue weighted by Crippen LogP contribution is 2.35. The van der Waals surface area contributed by atoms with Gasteiger partial charge in [-0.25, -0.2) is 0 Å². The molecule has 122 valence electrons. The first-order chi connectivity index (χ1) is 10.7. The molecule has 0 saturated carbocycles. The molecule has 4 heteroatoms. The van der Waals surface area contributed by atoms with E-state index in [9.17, 15) is 0 Å². The molecule has 0 amide bonds. The van der Waals surface area contributed by atoms with Gasteiger partial charge < -0.3 is 14.8 Å². The summed E-state index contributed by atoms with van der Waals surface area (Å²) >= 11 is 0. The van der Waals surface area contributed by atoms with Gasteiger partial charge in [0, 0.05) is 31.1 Å². The Hall–Kier alpha value is -1.10. The molecule has 0 aromatic heterocycles. The van der Waals surface area contributed by atoms with Gasteiger partial charge in [-0.1, -0.05) is 6.07 Å². The molecule has 1 saturated heterocycles. The number of fused-ring (bicyclic) bond motifs is 1. The van der Waals surface area contributed by atoms with Crippen LogP contribution >= 0.6 is 0 Å². The zero-order valence-electron chi connectivity index (χ0n) is 13.9. The van der Waals surface area contributed by atoms with Crippen molar-refractivity contribution in [3.63, 3.8) is 0 Å². The maximum atomic E-state index is 5.85. The highest BCUT2D eigenvalue weighted by atomic mass is 16.5. The minimum atomic E-state index is 0.439. The van der Waals surface area contributed by atoms with Crippen molar-refractivity contribution in [1.29, 1.82) is 0 Å². The summed E-state index contributed by atoms with van der Waals surface area (Å²) in [5.74, 6) is 1.08. The minimum absolute atomic E-state index is 0.439. The second kappa shape index (κ2) is 7.44. The molecule has 0 spiro atoms. The van der Waals surface area contributed by atoms with Gasteiger partial charge in [-0.3, -0.25) is 4.90 Å². The van der Waals surface area contributed by atoms with Gasteiger partial charge in [-0.05, 0) is 50.6 Å². The van der Waals surface area contributed by atoms with Crippen LogP contribution in [-0.4, -0.2) is 50.9 Å². The Kier molecular flexibility index (Phi) is 5.34. The van der Waals surface area contributed by atoms with Crippen molar-refractivity contribution < 1.29 is 9.47 Å². The van der Waals surface area contributed by atoms with Crippen molar-refractivity contribution in [1.82, 2.24) is 10.2 Å². The Labute approximate surface area is 133 Å². The summed E-state index contributed by atoms with van der Waals surface area (Å²) < 4.78 is 11.2. The van der Waals surface area contributed by atoms with Gasteiger partial charge in [0.2, 0.25) is 0 Å². The zero-order valence-corrected chi connectivity index (χ0v) is 13.9. The lowest BCUT2D eigenvalue weighted by atomic mass is 9.94. The Morgan fingerprint density at radius 2 is 2.00 bits per heavy atom. The van der Waals surface area contributed by atoms with E-state index >= 15 is 0 Å². The zero-order chi connectivity index (χ0) is 15.4. The smallest absolute Gasteiger partial charge is 0.124 e. The fourth-order valence-electron chi connectivity index (χ4n) is 3.54. The Bertz CT molecular complexity index is 498. The van der Waals surface area contributed by atoms with Gasteiger partial charge in [-0.2, -0.15) is 0 Å². The molecule has 1 aromatic carbocycles. The first-order valence-corrected chi connectivity index (χ1v) is 8.51. The van der Waals surface area contributed by atoms with E-state index in [0.29, 0.717) is 6.04 Å². The molecule has 1 fully saturated rings. The monoisotopic (exact) mass is 304 g/mol. The van der Waals surface area contributed by atoms with Crippen LogP contribution in [0.5, 0.6) is 5.75 Å². The Balaban J connectivity index is 1.51. The molecule has 2 heterocycles. The standard InChI is InChI=1S/C18H28N2O2/c1-14-12-15(2)18-16(4-9-22-17(18)13-14)19-5-3-6-20-7-10-21-11-8-20/h12-13,16,19H,3-11H2,1-2H3. The summed E-state index contributed by atoms with van der Waals surface area (Å²) in [6.07, 6.45) is 2.26. The quantitative estimate of drug-likeness (QED) is 0.847. The summed E-state index contributed by atoms with van der Waals surface area (Å²) in [5.41, 5.74) is 3.99. The van der Waals surface area contributed by atoms with Gasteiger partial charge in [0.1, 0.15) is 5.75 Å². The second-order valence-electron chi connectivity index (χ2n) is 6.45. The van der Waals surface area contributed by atoms with Crippen molar-refractivity contribution >= 4 is 0 Å². The maximum Gasteiger partial charge on any atom is 0.124 e. The molecule has 22 heavy (non-hydrogen) atoms. The summed E-state index contributed by atoms with van der Waals surface area (Å²) in [6, 6.07) is 4.87. The molecule has 1 unspecified atom stereocenters. The predicted molar refractivity (Wildman–Crippen MR) is 88.6 cm³/mol. The van der Waals surface area contributed by atoms with E-state index < -0.39 is 0 Å². The number of aryl methyl sites for hydroxylation is 2. The van der Waals surface area contributed by atoms with Gasteiger partial charge in [0.25, 0.3) is 0 Å². The first-order valence-electron chi connectivity index (χ1n) is 8.51. The van der Waals surface area contributed by atoms with Crippen molar-refractivity contribution in [2.24, 2.45) is 0 Å². The molecule has 1 aromatic rings. The molecule has 0 radical (unpaired) electrons. The molecular weight excluding hydrogens is 276 g/mol. The Morgan fingerprint density at radius 3 is 2.82 bits per heavy atom. The number of morpholine rings is 1. The largest absolute Gasteiger partial charge is 0.493 e. The second-order valence-corrected chi connectivity index (χ2v) is 6.45. The number of hydrogen-bond acceptors (Lipinski definition) is 4. The molecule has 0 aliphatic carbocycles. The van der Waals surface area contributed by atoms with Crippen molar-refractivity contribution in [2.45, 2.75) is 32.7 Å². The van der Waals surface area contributed by atoms with Gasteiger partial charge >= 0.3 is 0 Å².